The molecule has 188 valence electrons. The van der Waals surface area contributed by atoms with E-state index in [1.165, 1.54) is 12.1 Å². The Bertz CT molecular complexity index is 1320. The minimum absolute atomic E-state index is 0.0524. The fourth-order valence-corrected chi connectivity index (χ4v) is 3.37. The number of alkyl halides is 2. The van der Waals surface area contributed by atoms with Gasteiger partial charge in [-0.15, -0.1) is 0 Å². The van der Waals surface area contributed by atoms with Crippen LogP contribution in [0, 0.1) is 36.0 Å². The summed E-state index contributed by atoms with van der Waals surface area (Å²) < 4.78 is 102. The van der Waals surface area contributed by atoms with Gasteiger partial charge in [0.25, 0.3) is 0 Å². The van der Waals surface area contributed by atoms with Crippen LogP contribution >= 0.6 is 0 Å². The molecule has 0 atom stereocenters. The van der Waals surface area contributed by atoms with Gasteiger partial charge >= 0.3 is 6.11 Å². The molecule has 0 saturated carbocycles. The summed E-state index contributed by atoms with van der Waals surface area (Å²) in [5, 5.41) is 0. The molecule has 0 bridgehead atoms. The lowest BCUT2D eigenvalue weighted by Crippen LogP contribution is -2.22. The highest BCUT2D eigenvalue weighted by molar-refractivity contribution is 5.72. The van der Waals surface area contributed by atoms with E-state index in [4.69, 9.17) is 0 Å². The van der Waals surface area contributed by atoms with Gasteiger partial charge in [-0.1, -0.05) is 67.9 Å². The van der Waals surface area contributed by atoms with Crippen LogP contribution in [0.3, 0.4) is 0 Å². The molecule has 0 amide bonds. The van der Waals surface area contributed by atoms with Gasteiger partial charge in [0, 0.05) is 23.3 Å². The number of rotatable bonds is 5. The Morgan fingerprint density at radius 1 is 0.583 bits per heavy atom. The molecule has 1 nitrogen and oxygen atoms in total. The van der Waals surface area contributed by atoms with Gasteiger partial charge in [-0.25, -0.2) is 22.0 Å². The lowest BCUT2D eigenvalue weighted by atomic mass is 9.97. The highest BCUT2D eigenvalue weighted by atomic mass is 19.3. The summed E-state index contributed by atoms with van der Waals surface area (Å²) in [6, 6.07) is 14.2. The SMILES string of the molecule is CC.Cc1ccc(-c2ccc(-c3ccc(C(F)(F)Oc4cc(F)c(F)c(F)c4)cc3)c(F)c2F)cc1. The Morgan fingerprint density at radius 2 is 1.00 bits per heavy atom. The van der Waals surface area contributed by atoms with E-state index in [1.54, 1.807) is 24.3 Å². The van der Waals surface area contributed by atoms with Crippen LogP contribution in [-0.4, -0.2) is 0 Å². The van der Waals surface area contributed by atoms with E-state index >= 15 is 0 Å². The monoisotopic (exact) mass is 506 g/mol. The number of aryl methyl sites for hydroxylation is 1. The summed E-state index contributed by atoms with van der Waals surface area (Å²) in [4.78, 5) is 0. The second-order valence-corrected chi connectivity index (χ2v) is 7.55. The van der Waals surface area contributed by atoms with Crippen molar-refractivity contribution in [1.82, 2.24) is 0 Å². The van der Waals surface area contributed by atoms with Crippen LogP contribution in [0.5, 0.6) is 5.75 Å². The van der Waals surface area contributed by atoms with Gasteiger partial charge in [-0.2, -0.15) is 8.78 Å². The molecule has 0 N–H and O–H groups in total. The third-order valence-corrected chi connectivity index (χ3v) is 5.18. The summed E-state index contributed by atoms with van der Waals surface area (Å²) in [5.41, 5.74) is 0.735. The number of ether oxygens (including phenoxy) is 1. The third kappa shape index (κ3) is 5.53. The van der Waals surface area contributed by atoms with Crippen LogP contribution in [0.4, 0.5) is 30.7 Å². The Balaban J connectivity index is 0.00000176. The molecule has 4 rings (SSSR count). The van der Waals surface area contributed by atoms with Crippen molar-refractivity contribution in [3.05, 3.63) is 113 Å². The lowest BCUT2D eigenvalue weighted by Gasteiger charge is -2.19. The topological polar surface area (TPSA) is 9.23 Å². The number of hydrogen-bond acceptors (Lipinski definition) is 1. The zero-order valence-electron chi connectivity index (χ0n) is 19.5. The van der Waals surface area contributed by atoms with Crippen molar-refractivity contribution in [2.24, 2.45) is 0 Å². The first kappa shape index (κ1) is 26.8. The van der Waals surface area contributed by atoms with E-state index in [-0.39, 0.29) is 28.8 Å². The average Bonchev–Trinajstić information content (AvgIpc) is 2.86. The van der Waals surface area contributed by atoms with Crippen LogP contribution in [0.25, 0.3) is 22.3 Å². The highest BCUT2D eigenvalue weighted by Crippen LogP contribution is 2.36. The third-order valence-electron chi connectivity index (χ3n) is 5.18. The summed E-state index contributed by atoms with van der Waals surface area (Å²) in [6.07, 6.45) is -4.05. The first-order valence-corrected chi connectivity index (χ1v) is 10.9. The summed E-state index contributed by atoms with van der Waals surface area (Å²) >= 11 is 0. The van der Waals surface area contributed by atoms with Crippen LogP contribution in [0.2, 0.25) is 0 Å². The fraction of sp³-hybridized carbons (Fsp3) is 0.143. The number of halogens is 7. The van der Waals surface area contributed by atoms with Crippen LogP contribution in [0.1, 0.15) is 25.0 Å². The van der Waals surface area contributed by atoms with Crippen molar-refractivity contribution in [2.45, 2.75) is 26.9 Å². The standard InChI is InChI=1S/C26H15F7O.C2H6/c1-14-2-4-15(5-3-14)19-10-11-20(24(30)23(19)29)16-6-8-17(9-7-16)26(32,33)34-18-12-21(27)25(31)22(28)13-18;1-2/h2-13H,1H3;1-2H3. The van der Waals surface area contributed by atoms with Gasteiger partial charge in [-0.3, -0.25) is 0 Å². The normalized spacial score (nSPS) is 11.1. The van der Waals surface area contributed by atoms with Crippen molar-refractivity contribution in [1.29, 1.82) is 0 Å². The maximum absolute atomic E-state index is 14.8. The molecule has 8 heteroatoms. The molecule has 0 aromatic heterocycles. The smallest absolute Gasteiger partial charge is 0.426 e. The molecule has 4 aromatic carbocycles. The predicted octanol–water partition coefficient (Wildman–Crippen LogP) is 9.18. The quantitative estimate of drug-likeness (QED) is 0.194. The average molecular weight is 506 g/mol. The van der Waals surface area contributed by atoms with E-state index in [2.05, 4.69) is 4.74 Å². The Labute approximate surface area is 203 Å². The molecule has 0 aliphatic carbocycles. The zero-order valence-corrected chi connectivity index (χ0v) is 19.5. The molecule has 0 fully saturated rings. The van der Waals surface area contributed by atoms with E-state index in [0.29, 0.717) is 5.56 Å². The highest BCUT2D eigenvalue weighted by Gasteiger charge is 2.35. The van der Waals surface area contributed by atoms with Gasteiger partial charge in [0.05, 0.1) is 5.56 Å². The molecule has 0 aliphatic heterocycles. The molecule has 0 aliphatic rings. The molecule has 0 unspecified atom stereocenters. The Kier molecular flexibility index (Phi) is 8.07. The minimum atomic E-state index is -4.05. The molecule has 36 heavy (non-hydrogen) atoms. The Morgan fingerprint density at radius 3 is 1.44 bits per heavy atom. The summed E-state index contributed by atoms with van der Waals surface area (Å²) in [5.74, 6) is -8.35. The van der Waals surface area contributed by atoms with Gasteiger partial charge in [0.2, 0.25) is 0 Å². The molecular formula is C28H21F7O. The lowest BCUT2D eigenvalue weighted by molar-refractivity contribution is -0.185. The van der Waals surface area contributed by atoms with Crippen molar-refractivity contribution in [3.63, 3.8) is 0 Å². The zero-order chi connectivity index (χ0) is 26.6. The molecule has 0 heterocycles. The first-order chi connectivity index (χ1) is 17.1. The summed E-state index contributed by atoms with van der Waals surface area (Å²) in [7, 11) is 0. The molecule has 0 radical (unpaired) electrons. The minimum Gasteiger partial charge on any atom is -0.429 e. The van der Waals surface area contributed by atoms with Gasteiger partial charge in [0.1, 0.15) is 5.75 Å². The van der Waals surface area contributed by atoms with Crippen molar-refractivity contribution >= 4 is 0 Å². The fourth-order valence-electron chi connectivity index (χ4n) is 3.37. The van der Waals surface area contributed by atoms with Gasteiger partial charge in [0.15, 0.2) is 29.1 Å². The largest absolute Gasteiger partial charge is 0.429 e. The maximum atomic E-state index is 14.8. The van der Waals surface area contributed by atoms with Crippen LogP contribution in [-0.2, 0) is 6.11 Å². The van der Waals surface area contributed by atoms with E-state index in [9.17, 15) is 30.7 Å². The predicted molar refractivity (Wildman–Crippen MR) is 124 cm³/mol. The summed E-state index contributed by atoms with van der Waals surface area (Å²) in [6.45, 7) is 5.86. The van der Waals surface area contributed by atoms with Gasteiger partial charge in [-0.05, 0) is 30.2 Å². The maximum Gasteiger partial charge on any atom is 0.426 e. The Hall–Kier alpha value is -3.81. The molecule has 0 saturated heterocycles. The van der Waals surface area contributed by atoms with Crippen molar-refractivity contribution in [3.8, 4) is 28.0 Å². The van der Waals surface area contributed by atoms with Crippen molar-refractivity contribution in [2.75, 3.05) is 0 Å². The van der Waals surface area contributed by atoms with Crippen LogP contribution < -0.4 is 4.74 Å². The number of hydrogen-bond donors (Lipinski definition) is 0. The second kappa shape index (κ2) is 10.8. The first-order valence-electron chi connectivity index (χ1n) is 10.9. The van der Waals surface area contributed by atoms with Crippen molar-refractivity contribution < 1.29 is 35.5 Å². The van der Waals surface area contributed by atoms with E-state index in [0.717, 1.165) is 29.8 Å². The molecular weight excluding hydrogens is 485 g/mol. The van der Waals surface area contributed by atoms with E-state index < -0.39 is 46.5 Å². The van der Waals surface area contributed by atoms with Gasteiger partial charge < -0.3 is 4.74 Å². The molecule has 4 aromatic rings. The van der Waals surface area contributed by atoms with Crippen LogP contribution in [0.15, 0.2) is 72.8 Å². The molecule has 0 spiro atoms. The van der Waals surface area contributed by atoms with E-state index in [1.807, 2.05) is 20.8 Å². The second-order valence-electron chi connectivity index (χ2n) is 7.55. The number of benzene rings is 4.